The van der Waals surface area contributed by atoms with Gasteiger partial charge in [-0.3, -0.25) is 14.4 Å². The van der Waals surface area contributed by atoms with Crippen molar-refractivity contribution in [1.29, 1.82) is 0 Å². The molecule has 0 aliphatic heterocycles. The van der Waals surface area contributed by atoms with Gasteiger partial charge in [0.1, 0.15) is 5.78 Å². The van der Waals surface area contributed by atoms with Gasteiger partial charge in [-0.2, -0.15) is 0 Å². The Morgan fingerprint density at radius 3 is 1.20 bits per heavy atom. The van der Waals surface area contributed by atoms with Crippen LogP contribution in [0.1, 0.15) is 265 Å². The summed E-state index contributed by atoms with van der Waals surface area (Å²) in [5.74, 6) is -0.250. The monoisotopic (exact) mass is 911 g/mol. The predicted molar refractivity (Wildman–Crippen MR) is 275 cm³/mol. The van der Waals surface area contributed by atoms with Crippen LogP contribution in [0.4, 0.5) is 0 Å². The fourth-order valence-corrected chi connectivity index (χ4v) is 7.34. The molecular formula is C53H110N6O5. The van der Waals surface area contributed by atoms with Gasteiger partial charge in [-0.25, -0.2) is 0 Å². The molecule has 0 saturated heterocycles. The van der Waals surface area contributed by atoms with E-state index in [1.165, 1.54) is 141 Å². The number of Topliss-reactive ketones (excluding diaryl/α,β-unsaturated/α-hetero) is 1. The van der Waals surface area contributed by atoms with Crippen LogP contribution in [0.2, 0.25) is 0 Å². The maximum absolute atomic E-state index is 12.2. The molecule has 0 aromatic carbocycles. The maximum atomic E-state index is 12.2. The number of rotatable bonds is 48. The number of aliphatic carboxylic acids is 1. The van der Waals surface area contributed by atoms with Crippen LogP contribution in [0.15, 0.2) is 0 Å². The molecule has 11 heteroatoms. The lowest BCUT2D eigenvalue weighted by molar-refractivity contribution is -0.137. The molecule has 0 aliphatic rings. The number of nitrogens with two attached hydrogens (primary N) is 2. The molecule has 382 valence electrons. The third-order valence-electron chi connectivity index (χ3n) is 11.6. The Bertz CT molecular complexity index is 944. The Labute approximate surface area is 396 Å². The van der Waals surface area contributed by atoms with Crippen molar-refractivity contribution in [2.45, 2.75) is 271 Å². The zero-order valence-corrected chi connectivity index (χ0v) is 42.9. The van der Waals surface area contributed by atoms with Crippen LogP contribution in [-0.2, 0) is 19.2 Å². The number of carbonyl (C=O) groups is 4. The Hall–Kier alpha value is -2.08. The van der Waals surface area contributed by atoms with E-state index in [-0.39, 0.29) is 11.8 Å². The lowest BCUT2D eigenvalue weighted by Crippen LogP contribution is -2.41. The first kappa shape index (κ1) is 66.2. The number of carboxylic acids is 1. The van der Waals surface area contributed by atoms with Crippen LogP contribution in [-0.4, -0.2) is 80.5 Å². The van der Waals surface area contributed by atoms with Crippen LogP contribution in [0.5, 0.6) is 0 Å². The third-order valence-corrected chi connectivity index (χ3v) is 11.6. The Balaban J connectivity index is -0.00000125. The molecule has 0 rings (SSSR count). The average Bonchev–Trinajstić information content (AvgIpc) is 3.27. The minimum atomic E-state index is -0.663. The molecule has 0 aromatic heterocycles. The SMILES string of the molecule is CCCCCCCCCC(=O)O.CCCCCCCCCC(C)=O.CCCCCCCCCCCCCCCC(=O)NCCCC[C@@H](N)C(=O)NCCCNCCCCNCCCN. The van der Waals surface area contributed by atoms with Gasteiger partial charge in [-0.05, 0) is 104 Å². The molecule has 64 heavy (non-hydrogen) atoms. The molecule has 0 aliphatic carbocycles. The molecule has 0 radical (unpaired) electrons. The molecule has 0 heterocycles. The summed E-state index contributed by atoms with van der Waals surface area (Å²) in [5, 5.41) is 21.1. The van der Waals surface area contributed by atoms with Crippen molar-refractivity contribution in [2.24, 2.45) is 11.5 Å². The Morgan fingerprint density at radius 1 is 0.422 bits per heavy atom. The number of nitrogens with one attached hydrogen (secondary N) is 4. The second-order valence-corrected chi connectivity index (χ2v) is 18.3. The largest absolute Gasteiger partial charge is 0.481 e. The summed E-state index contributed by atoms with van der Waals surface area (Å²) in [6.45, 7) is 14.4. The van der Waals surface area contributed by atoms with Gasteiger partial charge in [0.05, 0.1) is 6.04 Å². The zero-order valence-electron chi connectivity index (χ0n) is 42.9. The van der Waals surface area contributed by atoms with Crippen molar-refractivity contribution in [1.82, 2.24) is 21.3 Å². The quantitative estimate of drug-likeness (QED) is 0.0291. The van der Waals surface area contributed by atoms with Gasteiger partial charge >= 0.3 is 5.97 Å². The Kier molecular flexibility index (Phi) is 61.0. The summed E-state index contributed by atoms with van der Waals surface area (Å²) in [6.07, 6.45) is 42.8. The lowest BCUT2D eigenvalue weighted by Gasteiger charge is -2.12. The average molecular weight is 911 g/mol. The summed E-state index contributed by atoms with van der Waals surface area (Å²) in [5.41, 5.74) is 11.5. The number of hydrogen-bond donors (Lipinski definition) is 7. The van der Waals surface area contributed by atoms with Crippen molar-refractivity contribution in [2.75, 3.05) is 45.8 Å². The molecule has 0 spiro atoms. The number of carboxylic acid groups (broad SMARTS) is 1. The normalized spacial score (nSPS) is 11.3. The zero-order chi connectivity index (χ0) is 47.8. The highest BCUT2D eigenvalue weighted by Gasteiger charge is 2.12. The summed E-state index contributed by atoms with van der Waals surface area (Å²) < 4.78 is 0. The highest BCUT2D eigenvalue weighted by atomic mass is 16.4. The summed E-state index contributed by atoms with van der Waals surface area (Å²) in [6, 6.07) is -0.471. The van der Waals surface area contributed by atoms with Crippen LogP contribution < -0.4 is 32.7 Å². The minimum Gasteiger partial charge on any atom is -0.481 e. The summed E-state index contributed by atoms with van der Waals surface area (Å²) >= 11 is 0. The number of amides is 2. The fourth-order valence-electron chi connectivity index (χ4n) is 7.34. The fraction of sp³-hybridized carbons (Fsp3) is 0.925. The number of carbonyl (C=O) groups excluding carboxylic acids is 3. The van der Waals surface area contributed by atoms with E-state index >= 15 is 0 Å². The van der Waals surface area contributed by atoms with Crippen LogP contribution in [0.25, 0.3) is 0 Å². The van der Waals surface area contributed by atoms with E-state index in [9.17, 15) is 19.2 Å². The molecule has 2 amide bonds. The van der Waals surface area contributed by atoms with E-state index < -0.39 is 12.0 Å². The first-order valence-electron chi connectivity index (χ1n) is 27.3. The highest BCUT2D eigenvalue weighted by molar-refractivity contribution is 5.81. The molecule has 0 bridgehead atoms. The maximum Gasteiger partial charge on any atom is 0.303 e. The number of unbranched alkanes of at least 4 members (excludes halogenated alkanes) is 26. The van der Waals surface area contributed by atoms with Gasteiger partial charge in [0.15, 0.2) is 0 Å². The lowest BCUT2D eigenvalue weighted by atomic mass is 10.0. The van der Waals surface area contributed by atoms with Crippen LogP contribution >= 0.6 is 0 Å². The highest BCUT2D eigenvalue weighted by Crippen LogP contribution is 2.13. The number of hydrogen-bond acceptors (Lipinski definition) is 8. The van der Waals surface area contributed by atoms with E-state index in [1.54, 1.807) is 6.92 Å². The van der Waals surface area contributed by atoms with Crippen molar-refractivity contribution >= 4 is 23.6 Å². The van der Waals surface area contributed by atoms with Gasteiger partial charge < -0.3 is 42.6 Å². The van der Waals surface area contributed by atoms with Gasteiger partial charge in [0, 0.05) is 32.4 Å². The molecule has 0 unspecified atom stereocenters. The first-order valence-corrected chi connectivity index (χ1v) is 27.3. The third kappa shape index (κ3) is 64.2. The topological polar surface area (TPSA) is 189 Å². The summed E-state index contributed by atoms with van der Waals surface area (Å²) in [7, 11) is 0. The van der Waals surface area contributed by atoms with E-state index in [4.69, 9.17) is 16.6 Å². The van der Waals surface area contributed by atoms with Gasteiger partial charge in [0.25, 0.3) is 0 Å². The van der Waals surface area contributed by atoms with Crippen LogP contribution in [0.3, 0.4) is 0 Å². The Morgan fingerprint density at radius 2 is 0.781 bits per heavy atom. The van der Waals surface area contributed by atoms with Crippen molar-refractivity contribution in [3.63, 3.8) is 0 Å². The predicted octanol–water partition coefficient (Wildman–Crippen LogP) is 11.8. The molecule has 0 fully saturated rings. The number of ketones is 1. The van der Waals surface area contributed by atoms with Gasteiger partial charge in [-0.1, -0.05) is 175 Å². The molecule has 11 nitrogen and oxygen atoms in total. The van der Waals surface area contributed by atoms with Gasteiger partial charge in [0.2, 0.25) is 11.8 Å². The second kappa shape index (κ2) is 58.9. The van der Waals surface area contributed by atoms with Gasteiger partial charge in [-0.15, -0.1) is 0 Å². The first-order chi connectivity index (χ1) is 31.2. The molecular weight excluding hydrogens is 801 g/mol. The second-order valence-electron chi connectivity index (χ2n) is 18.3. The van der Waals surface area contributed by atoms with Crippen molar-refractivity contribution < 1.29 is 24.3 Å². The van der Waals surface area contributed by atoms with Crippen molar-refractivity contribution in [3.8, 4) is 0 Å². The molecule has 0 saturated carbocycles. The molecule has 0 aromatic rings. The van der Waals surface area contributed by atoms with E-state index in [2.05, 4.69) is 42.0 Å². The van der Waals surface area contributed by atoms with E-state index in [0.29, 0.717) is 38.1 Å². The van der Waals surface area contributed by atoms with E-state index in [1.807, 2.05) is 0 Å². The van der Waals surface area contributed by atoms with Crippen molar-refractivity contribution in [3.05, 3.63) is 0 Å². The molecule has 1 atom stereocenters. The standard InChI is InChI=1S/C32H68N6O2.C11H22O.C10H20O2/c1-2-3-4-5-6-7-8-9-10-11-12-13-14-22-31(39)37-28-16-15-21-30(34)32(40)38-29-20-27-36-25-18-17-24-35-26-19-23-33;1-3-4-5-6-7-8-9-10-11(2)12;1-2-3-4-5-6-7-8-9-10(11)12/h30,35-36H,2-29,33-34H2,1H3,(H,37,39)(H,38,40);3-10H2,1-2H3;2-9H2,1H3,(H,11,12)/t30-;;/m1../s1. The minimum absolute atomic E-state index is 0.0741. The van der Waals surface area contributed by atoms with Crippen LogP contribution in [0, 0.1) is 0 Å². The summed E-state index contributed by atoms with van der Waals surface area (Å²) in [4.78, 5) is 44.9. The molecule has 9 N–H and O–H groups in total. The van der Waals surface area contributed by atoms with E-state index in [0.717, 1.165) is 110 Å². The smallest absolute Gasteiger partial charge is 0.303 e.